The number of rotatable bonds is 5. The van der Waals surface area contributed by atoms with Crippen LogP contribution >= 0.6 is 27.5 Å². The zero-order chi connectivity index (χ0) is 14.5. The van der Waals surface area contributed by atoms with E-state index in [0.29, 0.717) is 4.88 Å². The Bertz CT molecular complexity index is 600. The van der Waals surface area contributed by atoms with Crippen molar-refractivity contribution in [1.82, 2.24) is 14.9 Å². The summed E-state index contributed by atoms with van der Waals surface area (Å²) in [6.07, 6.45) is 1.73. The number of halogens is 1. The van der Waals surface area contributed by atoms with E-state index in [1.54, 1.807) is 0 Å². The third-order valence-corrected chi connectivity index (χ3v) is 4.21. The van der Waals surface area contributed by atoms with Crippen LogP contribution in [-0.2, 0) is 6.42 Å². The Labute approximate surface area is 130 Å². The number of amides is 1. The highest BCUT2D eigenvalue weighted by molar-refractivity contribution is 9.10. The predicted molar refractivity (Wildman–Crippen MR) is 83.9 cm³/mol. The second-order valence-electron chi connectivity index (χ2n) is 4.55. The molecule has 1 aromatic heterocycles. The topological polar surface area (TPSA) is 54.9 Å². The van der Waals surface area contributed by atoms with E-state index in [2.05, 4.69) is 37.8 Å². The van der Waals surface area contributed by atoms with Gasteiger partial charge in [0.2, 0.25) is 0 Å². The van der Waals surface area contributed by atoms with Crippen molar-refractivity contribution in [1.29, 1.82) is 0 Å². The van der Waals surface area contributed by atoms with Crippen LogP contribution in [-0.4, -0.2) is 15.5 Å². The maximum Gasteiger partial charge on any atom is 0.265 e. The Kier molecular flexibility index (Phi) is 5.25. The fourth-order valence-electron chi connectivity index (χ4n) is 1.90. The Hall–Kier alpha value is -1.27. The Morgan fingerprint density at radius 1 is 1.50 bits per heavy atom. The normalized spacial score (nSPS) is 12.2. The second kappa shape index (κ2) is 6.95. The molecule has 1 N–H and O–H groups in total. The molecule has 1 heterocycles. The lowest BCUT2D eigenvalue weighted by Gasteiger charge is -2.14. The molecule has 4 nitrogen and oxygen atoms in total. The van der Waals surface area contributed by atoms with Gasteiger partial charge in [-0.3, -0.25) is 4.79 Å². The van der Waals surface area contributed by atoms with Gasteiger partial charge in [-0.25, -0.2) is 0 Å². The van der Waals surface area contributed by atoms with E-state index in [4.69, 9.17) is 0 Å². The molecule has 1 unspecified atom stereocenters. The van der Waals surface area contributed by atoms with Crippen molar-refractivity contribution in [2.45, 2.75) is 32.7 Å². The molecule has 6 heteroatoms. The van der Waals surface area contributed by atoms with Crippen molar-refractivity contribution in [3.8, 4) is 0 Å². The molecule has 1 aromatic carbocycles. The number of hydrogen-bond acceptors (Lipinski definition) is 4. The molecule has 2 aromatic rings. The molecule has 0 aliphatic carbocycles. The summed E-state index contributed by atoms with van der Waals surface area (Å²) in [6.45, 7) is 4.03. The molecule has 0 saturated heterocycles. The predicted octanol–water partition coefficient (Wildman–Crippen LogP) is 3.74. The third-order valence-electron chi connectivity index (χ3n) is 2.95. The second-order valence-corrected chi connectivity index (χ2v) is 6.22. The van der Waals surface area contributed by atoms with Gasteiger partial charge in [0, 0.05) is 4.47 Å². The maximum absolute atomic E-state index is 12.3. The van der Waals surface area contributed by atoms with E-state index >= 15 is 0 Å². The van der Waals surface area contributed by atoms with Gasteiger partial charge in [-0.05, 0) is 42.6 Å². The molecule has 0 radical (unpaired) electrons. The van der Waals surface area contributed by atoms with Crippen LogP contribution in [0.3, 0.4) is 0 Å². The van der Waals surface area contributed by atoms with Gasteiger partial charge in [0.15, 0.2) is 0 Å². The van der Waals surface area contributed by atoms with Gasteiger partial charge in [-0.15, -0.1) is 5.10 Å². The smallest absolute Gasteiger partial charge is 0.265 e. The Balaban J connectivity index is 2.09. The number of aromatic nitrogens is 2. The van der Waals surface area contributed by atoms with Crippen LogP contribution in [0, 0.1) is 0 Å². The minimum Gasteiger partial charge on any atom is -0.345 e. The van der Waals surface area contributed by atoms with Crippen molar-refractivity contribution in [3.63, 3.8) is 0 Å². The summed E-state index contributed by atoms with van der Waals surface area (Å²) in [4.78, 5) is 12.9. The summed E-state index contributed by atoms with van der Waals surface area (Å²) in [5.74, 6) is -0.101. The molecular formula is C14H16BrN3OS. The van der Waals surface area contributed by atoms with Crippen LogP contribution in [0.1, 0.15) is 47.2 Å². The summed E-state index contributed by atoms with van der Waals surface area (Å²) in [5.41, 5.74) is 1.85. The van der Waals surface area contributed by atoms with Gasteiger partial charge >= 0.3 is 0 Å². The molecule has 106 valence electrons. The maximum atomic E-state index is 12.3. The largest absolute Gasteiger partial charge is 0.345 e. The minimum absolute atomic E-state index is 0.0587. The van der Waals surface area contributed by atoms with Crippen LogP contribution < -0.4 is 5.32 Å². The third kappa shape index (κ3) is 3.64. The molecule has 0 fully saturated rings. The lowest BCUT2D eigenvalue weighted by molar-refractivity contribution is 0.0943. The van der Waals surface area contributed by atoms with Gasteiger partial charge in [-0.2, -0.15) is 0 Å². The number of aryl methyl sites for hydroxylation is 1. The zero-order valence-electron chi connectivity index (χ0n) is 11.4. The van der Waals surface area contributed by atoms with Gasteiger partial charge in [0.25, 0.3) is 5.91 Å². The highest BCUT2D eigenvalue weighted by Gasteiger charge is 2.18. The average Bonchev–Trinajstić information content (AvgIpc) is 2.87. The first-order chi connectivity index (χ1) is 9.61. The number of nitrogens with one attached hydrogen (secondary N) is 1. The van der Waals surface area contributed by atoms with E-state index in [1.165, 1.54) is 0 Å². The monoisotopic (exact) mass is 353 g/mol. The Morgan fingerprint density at radius 2 is 2.30 bits per heavy atom. The van der Waals surface area contributed by atoms with Crippen LogP contribution in [0.25, 0.3) is 0 Å². The number of nitrogens with zero attached hydrogens (tertiary/aromatic N) is 2. The van der Waals surface area contributed by atoms with E-state index in [0.717, 1.165) is 40.1 Å². The SMILES string of the molecule is CCCc1nnsc1C(=O)NC(C)c1cccc(Br)c1. The van der Waals surface area contributed by atoms with E-state index in [-0.39, 0.29) is 11.9 Å². The first-order valence-corrected chi connectivity index (χ1v) is 8.06. The van der Waals surface area contributed by atoms with Gasteiger partial charge < -0.3 is 5.32 Å². The highest BCUT2D eigenvalue weighted by atomic mass is 79.9. The van der Waals surface area contributed by atoms with Crippen LogP contribution in [0.15, 0.2) is 28.7 Å². The van der Waals surface area contributed by atoms with Gasteiger partial charge in [0.1, 0.15) is 4.88 Å². The first kappa shape index (κ1) is 15.1. The molecule has 20 heavy (non-hydrogen) atoms. The Morgan fingerprint density at radius 3 is 3.00 bits per heavy atom. The van der Waals surface area contributed by atoms with Crippen LogP contribution in [0.2, 0.25) is 0 Å². The van der Waals surface area contributed by atoms with Crippen LogP contribution in [0.4, 0.5) is 0 Å². The standard InChI is InChI=1S/C14H16BrN3OS/c1-3-5-12-13(20-18-17-12)14(19)16-9(2)10-6-4-7-11(15)8-10/h4,6-9H,3,5H2,1-2H3,(H,16,19). The summed E-state index contributed by atoms with van der Waals surface area (Å²) in [6, 6.07) is 7.86. The van der Waals surface area contributed by atoms with Gasteiger partial charge in [-0.1, -0.05) is 45.9 Å². The summed E-state index contributed by atoms with van der Waals surface area (Å²) in [7, 11) is 0. The lowest BCUT2D eigenvalue weighted by Crippen LogP contribution is -2.26. The fourth-order valence-corrected chi connectivity index (χ4v) is 2.93. The average molecular weight is 354 g/mol. The molecule has 0 bridgehead atoms. The quantitative estimate of drug-likeness (QED) is 0.890. The lowest BCUT2D eigenvalue weighted by atomic mass is 10.1. The first-order valence-electron chi connectivity index (χ1n) is 6.49. The van der Waals surface area contributed by atoms with Crippen molar-refractivity contribution in [2.24, 2.45) is 0 Å². The van der Waals surface area contributed by atoms with E-state index in [1.807, 2.05) is 31.2 Å². The molecule has 0 aliphatic heterocycles. The van der Waals surface area contributed by atoms with E-state index in [9.17, 15) is 4.79 Å². The molecule has 0 saturated carbocycles. The molecule has 2 rings (SSSR count). The number of benzene rings is 1. The molecule has 1 amide bonds. The van der Waals surface area contributed by atoms with Crippen molar-refractivity contribution in [3.05, 3.63) is 44.9 Å². The number of carbonyl (C=O) groups is 1. The highest BCUT2D eigenvalue weighted by Crippen LogP contribution is 2.19. The van der Waals surface area contributed by atoms with Gasteiger partial charge in [0.05, 0.1) is 11.7 Å². The fraction of sp³-hybridized carbons (Fsp3) is 0.357. The summed E-state index contributed by atoms with van der Waals surface area (Å²) >= 11 is 4.59. The number of hydrogen-bond donors (Lipinski definition) is 1. The summed E-state index contributed by atoms with van der Waals surface area (Å²) < 4.78 is 4.88. The summed E-state index contributed by atoms with van der Waals surface area (Å²) in [5, 5.41) is 7.02. The molecule has 0 aliphatic rings. The van der Waals surface area contributed by atoms with Crippen LogP contribution in [0.5, 0.6) is 0 Å². The molecule has 1 atom stereocenters. The number of carbonyl (C=O) groups excluding carboxylic acids is 1. The van der Waals surface area contributed by atoms with E-state index < -0.39 is 0 Å². The van der Waals surface area contributed by atoms with Crippen molar-refractivity contribution >= 4 is 33.4 Å². The van der Waals surface area contributed by atoms with Crippen molar-refractivity contribution < 1.29 is 4.79 Å². The zero-order valence-corrected chi connectivity index (χ0v) is 13.8. The van der Waals surface area contributed by atoms with Crippen molar-refractivity contribution in [2.75, 3.05) is 0 Å². The minimum atomic E-state index is -0.101. The molecular weight excluding hydrogens is 338 g/mol. The molecule has 0 spiro atoms.